The van der Waals surface area contributed by atoms with Gasteiger partial charge in [-0.15, -0.1) is 11.3 Å². The van der Waals surface area contributed by atoms with Gasteiger partial charge in [0.25, 0.3) is 0 Å². The molecule has 0 radical (unpaired) electrons. The topological polar surface area (TPSA) is 65.5 Å². The molecule has 2 N–H and O–H groups in total. The number of aromatic nitrogens is 1. The van der Waals surface area contributed by atoms with Gasteiger partial charge in [-0.05, 0) is 36.8 Å². The number of β-amino-alcohol motifs (C(OH)–C–C–N with tert-alkyl or cyclic N) is 1. The van der Waals surface area contributed by atoms with E-state index in [4.69, 9.17) is 0 Å². The fourth-order valence-corrected chi connectivity index (χ4v) is 4.74. The Balaban J connectivity index is 1.59. The maximum absolute atomic E-state index is 12.8. The fraction of sp³-hybridized carbons (Fsp3) is 0.565. The van der Waals surface area contributed by atoms with E-state index in [1.165, 1.54) is 16.0 Å². The first kappa shape index (κ1) is 21.9. The predicted octanol–water partition coefficient (Wildman–Crippen LogP) is 3.99. The summed E-state index contributed by atoms with van der Waals surface area (Å²) in [6, 6.07) is 8.69. The monoisotopic (exact) mass is 415 g/mol. The van der Waals surface area contributed by atoms with Crippen molar-refractivity contribution in [3.63, 3.8) is 0 Å². The van der Waals surface area contributed by atoms with Gasteiger partial charge in [0.2, 0.25) is 5.91 Å². The minimum Gasteiger partial charge on any atom is -0.391 e. The van der Waals surface area contributed by atoms with Crippen molar-refractivity contribution in [3.05, 3.63) is 41.0 Å². The van der Waals surface area contributed by atoms with E-state index in [-0.39, 0.29) is 23.4 Å². The summed E-state index contributed by atoms with van der Waals surface area (Å²) in [5.74, 6) is 0.136. The van der Waals surface area contributed by atoms with Gasteiger partial charge in [-0.1, -0.05) is 45.0 Å². The highest BCUT2D eigenvalue weighted by Gasteiger charge is 2.38. The maximum atomic E-state index is 12.8. The van der Waals surface area contributed by atoms with Gasteiger partial charge < -0.3 is 15.3 Å². The first-order valence-electron chi connectivity index (χ1n) is 10.3. The van der Waals surface area contributed by atoms with E-state index in [9.17, 15) is 9.90 Å². The lowest BCUT2D eigenvalue weighted by Crippen LogP contribution is -2.48. The summed E-state index contributed by atoms with van der Waals surface area (Å²) in [6.45, 7) is 11.5. The van der Waals surface area contributed by atoms with Crippen LogP contribution in [0.25, 0.3) is 10.4 Å². The van der Waals surface area contributed by atoms with Gasteiger partial charge in [-0.3, -0.25) is 4.79 Å². The van der Waals surface area contributed by atoms with Crippen molar-refractivity contribution < 1.29 is 9.90 Å². The standard InChI is InChI=1S/C23H33N3O2S/c1-15(20-10-19(27)13-26(20)21(28)11-23(3,4)5)24-12-17-6-8-18(9-7-17)22-16(2)25-14-29-22/h6-9,14-15,19-20,24,27H,10-13H2,1-5H3/t15?,19-,20+/m1/s1. The molecule has 1 aromatic carbocycles. The number of hydrogen-bond donors (Lipinski definition) is 2. The molecule has 6 heteroatoms. The van der Waals surface area contributed by atoms with Gasteiger partial charge in [-0.2, -0.15) is 0 Å². The molecule has 0 spiro atoms. The lowest BCUT2D eigenvalue weighted by atomic mass is 9.91. The zero-order valence-electron chi connectivity index (χ0n) is 18.1. The largest absolute Gasteiger partial charge is 0.391 e. The second kappa shape index (κ2) is 8.94. The van der Waals surface area contributed by atoms with Crippen LogP contribution in [0.1, 0.15) is 51.8 Å². The van der Waals surface area contributed by atoms with Crippen molar-refractivity contribution >= 4 is 17.2 Å². The molecule has 2 aromatic rings. The highest BCUT2D eigenvalue weighted by Crippen LogP contribution is 2.28. The van der Waals surface area contributed by atoms with Gasteiger partial charge in [-0.25, -0.2) is 4.98 Å². The minimum absolute atomic E-state index is 0.0268. The third-order valence-corrected chi connectivity index (χ3v) is 6.47. The fourth-order valence-electron chi connectivity index (χ4n) is 3.93. The molecule has 3 rings (SSSR count). The van der Waals surface area contributed by atoms with Crippen LogP contribution < -0.4 is 5.32 Å². The zero-order chi connectivity index (χ0) is 21.2. The Morgan fingerprint density at radius 1 is 1.34 bits per heavy atom. The molecular formula is C23H33N3O2S. The Morgan fingerprint density at radius 3 is 2.62 bits per heavy atom. The van der Waals surface area contributed by atoms with Crippen molar-refractivity contribution in [3.8, 4) is 10.4 Å². The van der Waals surface area contributed by atoms with E-state index in [1.54, 1.807) is 11.3 Å². The predicted molar refractivity (Wildman–Crippen MR) is 119 cm³/mol. The van der Waals surface area contributed by atoms with Crippen LogP contribution in [0.3, 0.4) is 0 Å². The van der Waals surface area contributed by atoms with E-state index < -0.39 is 6.10 Å². The van der Waals surface area contributed by atoms with E-state index in [0.717, 1.165) is 12.2 Å². The highest BCUT2D eigenvalue weighted by atomic mass is 32.1. The number of aryl methyl sites for hydroxylation is 1. The van der Waals surface area contributed by atoms with Crippen LogP contribution in [-0.4, -0.2) is 45.6 Å². The van der Waals surface area contributed by atoms with Gasteiger partial charge in [0.15, 0.2) is 0 Å². The zero-order valence-corrected chi connectivity index (χ0v) is 18.9. The summed E-state index contributed by atoms with van der Waals surface area (Å²) in [5.41, 5.74) is 5.29. The number of hydrogen-bond acceptors (Lipinski definition) is 5. The molecule has 2 heterocycles. The SMILES string of the molecule is Cc1ncsc1-c1ccc(CNC(C)[C@@H]2C[C@@H](O)CN2C(=O)CC(C)(C)C)cc1. The summed E-state index contributed by atoms with van der Waals surface area (Å²) < 4.78 is 0. The highest BCUT2D eigenvalue weighted by molar-refractivity contribution is 7.13. The number of aliphatic hydroxyl groups excluding tert-OH is 1. The maximum Gasteiger partial charge on any atom is 0.223 e. The molecule has 1 fully saturated rings. The molecule has 3 atom stereocenters. The van der Waals surface area contributed by atoms with Crippen LogP contribution in [-0.2, 0) is 11.3 Å². The molecule has 5 nitrogen and oxygen atoms in total. The van der Waals surface area contributed by atoms with E-state index >= 15 is 0 Å². The molecule has 1 amide bonds. The van der Waals surface area contributed by atoms with Gasteiger partial charge in [0.1, 0.15) is 0 Å². The third kappa shape index (κ3) is 5.65. The van der Waals surface area contributed by atoms with Crippen LogP contribution in [0, 0.1) is 12.3 Å². The lowest BCUT2D eigenvalue weighted by Gasteiger charge is -2.32. The summed E-state index contributed by atoms with van der Waals surface area (Å²) >= 11 is 1.66. The number of amides is 1. The second-order valence-electron chi connectivity index (χ2n) is 9.37. The number of aliphatic hydroxyl groups is 1. The van der Waals surface area contributed by atoms with E-state index in [0.29, 0.717) is 19.4 Å². The van der Waals surface area contributed by atoms with Crippen molar-refractivity contribution in [2.75, 3.05) is 6.54 Å². The quantitative estimate of drug-likeness (QED) is 0.749. The summed E-state index contributed by atoms with van der Waals surface area (Å²) in [4.78, 5) is 20.2. The Morgan fingerprint density at radius 2 is 2.03 bits per heavy atom. The molecule has 1 aliphatic heterocycles. The second-order valence-corrected chi connectivity index (χ2v) is 10.2. The molecular weight excluding hydrogens is 382 g/mol. The van der Waals surface area contributed by atoms with E-state index in [1.807, 2.05) is 17.3 Å². The first-order chi connectivity index (χ1) is 13.6. The van der Waals surface area contributed by atoms with E-state index in [2.05, 4.69) is 62.3 Å². The summed E-state index contributed by atoms with van der Waals surface area (Å²) in [6.07, 6.45) is 0.699. The number of nitrogens with one attached hydrogen (secondary N) is 1. The van der Waals surface area contributed by atoms with Crippen LogP contribution in [0.2, 0.25) is 0 Å². The van der Waals surface area contributed by atoms with Crippen LogP contribution in [0.15, 0.2) is 29.8 Å². The summed E-state index contributed by atoms with van der Waals surface area (Å²) in [5, 5.41) is 13.7. The van der Waals surface area contributed by atoms with Gasteiger partial charge >= 0.3 is 0 Å². The average Bonchev–Trinajstić information content (AvgIpc) is 3.24. The molecule has 29 heavy (non-hydrogen) atoms. The first-order valence-corrected chi connectivity index (χ1v) is 11.2. The Kier molecular flexibility index (Phi) is 6.76. The minimum atomic E-state index is -0.435. The normalized spacial score (nSPS) is 20.8. The number of likely N-dealkylation sites (tertiary alicyclic amines) is 1. The lowest BCUT2D eigenvalue weighted by molar-refractivity contribution is -0.134. The molecule has 1 saturated heterocycles. The Hall–Kier alpha value is -1.76. The number of rotatable bonds is 6. The molecule has 1 aromatic heterocycles. The Bertz CT molecular complexity index is 825. The average molecular weight is 416 g/mol. The van der Waals surface area contributed by atoms with Crippen LogP contribution >= 0.6 is 11.3 Å². The molecule has 158 valence electrons. The molecule has 1 unspecified atom stereocenters. The smallest absolute Gasteiger partial charge is 0.223 e. The summed E-state index contributed by atoms with van der Waals surface area (Å²) in [7, 11) is 0. The number of carbonyl (C=O) groups excluding carboxylic acids is 1. The molecule has 1 aliphatic rings. The van der Waals surface area contributed by atoms with Crippen molar-refractivity contribution in [1.29, 1.82) is 0 Å². The Labute approximate surface area is 178 Å². The number of thiazole rings is 1. The molecule has 0 saturated carbocycles. The van der Waals surface area contributed by atoms with Gasteiger partial charge in [0, 0.05) is 31.6 Å². The number of nitrogens with zero attached hydrogens (tertiary/aromatic N) is 2. The molecule has 0 aliphatic carbocycles. The van der Waals surface area contributed by atoms with Crippen molar-refractivity contribution in [2.24, 2.45) is 5.41 Å². The van der Waals surface area contributed by atoms with Gasteiger partial charge in [0.05, 0.1) is 22.2 Å². The third-order valence-electron chi connectivity index (χ3n) is 5.49. The number of carbonyl (C=O) groups is 1. The van der Waals surface area contributed by atoms with Crippen LogP contribution in [0.4, 0.5) is 0 Å². The van der Waals surface area contributed by atoms with Crippen LogP contribution in [0.5, 0.6) is 0 Å². The molecule has 0 bridgehead atoms. The van der Waals surface area contributed by atoms with Crippen molar-refractivity contribution in [2.45, 2.75) is 72.2 Å². The number of benzene rings is 1. The van der Waals surface area contributed by atoms with Crippen molar-refractivity contribution in [1.82, 2.24) is 15.2 Å².